The van der Waals surface area contributed by atoms with E-state index in [9.17, 15) is 0 Å². The van der Waals surface area contributed by atoms with E-state index in [1.54, 1.807) is 0 Å². The monoisotopic (exact) mass is 181 g/mol. The lowest BCUT2D eigenvalue weighted by Gasteiger charge is -2.14. The molecule has 1 aliphatic rings. The van der Waals surface area contributed by atoms with Crippen molar-refractivity contribution >= 4 is 16.8 Å². The minimum Gasteiger partial charge on any atom is -0.488 e. The van der Waals surface area contributed by atoms with Crippen molar-refractivity contribution in [2.45, 2.75) is 0 Å². The average molecular weight is 181 g/mol. The van der Waals surface area contributed by atoms with Gasteiger partial charge < -0.3 is 4.74 Å². The lowest BCUT2D eigenvalue weighted by Crippen LogP contribution is -2.00. The fraction of sp³-hybridized carbons (Fsp3) is 0.0769. The Morgan fingerprint density at radius 1 is 1.21 bits per heavy atom. The van der Waals surface area contributed by atoms with Gasteiger partial charge in [0.25, 0.3) is 0 Å². The second kappa shape index (κ2) is 2.88. The summed E-state index contributed by atoms with van der Waals surface area (Å²) in [6, 6.07) is 13.4. The second-order valence-electron chi connectivity index (χ2n) is 3.33. The van der Waals surface area contributed by atoms with E-state index in [-0.39, 0.29) is 0 Å². The Morgan fingerprint density at radius 2 is 2.14 bits per heavy atom. The molecule has 1 heterocycles. The summed E-state index contributed by atoms with van der Waals surface area (Å²) in [7, 11) is 0. The molecule has 0 N–H and O–H groups in total. The van der Waals surface area contributed by atoms with E-state index in [4.69, 9.17) is 4.74 Å². The number of ether oxygens (including phenoxy) is 1. The molecule has 0 aromatic heterocycles. The molecule has 0 amide bonds. The molecular weight excluding hydrogens is 172 g/mol. The summed E-state index contributed by atoms with van der Waals surface area (Å²) in [6.45, 7) is 0.668. The highest BCUT2D eigenvalue weighted by molar-refractivity contribution is 5.91. The zero-order valence-corrected chi connectivity index (χ0v) is 7.66. The summed E-state index contributed by atoms with van der Waals surface area (Å²) in [4.78, 5) is 0. The van der Waals surface area contributed by atoms with Crippen LogP contribution in [0.2, 0.25) is 0 Å². The first-order chi connectivity index (χ1) is 6.95. The number of rotatable bonds is 0. The molecule has 3 rings (SSSR count). The van der Waals surface area contributed by atoms with E-state index in [0.717, 1.165) is 22.1 Å². The SMILES string of the molecule is [c]1cc2c(c3ccccc13)OCC=C2. The predicted octanol–water partition coefficient (Wildman–Crippen LogP) is 3.05. The molecule has 0 saturated heterocycles. The molecule has 1 aliphatic heterocycles. The predicted molar refractivity (Wildman–Crippen MR) is 57.3 cm³/mol. The Kier molecular flexibility index (Phi) is 1.57. The third-order valence-corrected chi connectivity index (χ3v) is 2.44. The van der Waals surface area contributed by atoms with Crippen molar-refractivity contribution in [1.82, 2.24) is 0 Å². The molecule has 2 aromatic carbocycles. The van der Waals surface area contributed by atoms with Crippen LogP contribution in [0.1, 0.15) is 5.56 Å². The summed E-state index contributed by atoms with van der Waals surface area (Å²) in [6.07, 6.45) is 4.10. The van der Waals surface area contributed by atoms with E-state index in [1.165, 1.54) is 0 Å². The quantitative estimate of drug-likeness (QED) is 0.607. The molecule has 0 spiro atoms. The number of benzene rings is 2. The van der Waals surface area contributed by atoms with Crippen LogP contribution in [0.25, 0.3) is 16.8 Å². The van der Waals surface area contributed by atoms with Crippen LogP contribution in [0.3, 0.4) is 0 Å². The van der Waals surface area contributed by atoms with Crippen LogP contribution in [0.4, 0.5) is 0 Å². The van der Waals surface area contributed by atoms with E-state index in [0.29, 0.717) is 6.61 Å². The first-order valence-electron chi connectivity index (χ1n) is 4.68. The van der Waals surface area contributed by atoms with Gasteiger partial charge in [0, 0.05) is 10.9 Å². The highest BCUT2D eigenvalue weighted by Gasteiger charge is 2.08. The first kappa shape index (κ1) is 7.63. The molecule has 0 aliphatic carbocycles. The summed E-state index contributed by atoms with van der Waals surface area (Å²) in [5, 5.41) is 2.26. The maximum Gasteiger partial charge on any atom is 0.134 e. The molecule has 14 heavy (non-hydrogen) atoms. The number of fused-ring (bicyclic) bond motifs is 3. The van der Waals surface area contributed by atoms with Gasteiger partial charge in [0.2, 0.25) is 0 Å². The molecule has 2 aromatic rings. The Bertz CT molecular complexity index is 512. The van der Waals surface area contributed by atoms with Crippen molar-refractivity contribution in [3.63, 3.8) is 0 Å². The first-order valence-corrected chi connectivity index (χ1v) is 4.68. The van der Waals surface area contributed by atoms with Crippen molar-refractivity contribution in [1.29, 1.82) is 0 Å². The van der Waals surface area contributed by atoms with Gasteiger partial charge in [-0.15, -0.1) is 0 Å². The summed E-state index contributed by atoms with van der Waals surface area (Å²) < 4.78 is 5.63. The standard InChI is InChI=1S/C13H9O/c1-2-6-12-10(4-1)7-8-11-5-3-9-14-13(11)12/h1-6,8H,9H2. The molecule has 0 bridgehead atoms. The van der Waals surface area contributed by atoms with Gasteiger partial charge in [0.05, 0.1) is 0 Å². The van der Waals surface area contributed by atoms with Crippen LogP contribution in [-0.4, -0.2) is 6.61 Å². The Hall–Kier alpha value is -1.76. The fourth-order valence-electron chi connectivity index (χ4n) is 1.77. The van der Waals surface area contributed by atoms with Crippen molar-refractivity contribution in [2.75, 3.05) is 6.61 Å². The third-order valence-electron chi connectivity index (χ3n) is 2.44. The van der Waals surface area contributed by atoms with Crippen molar-refractivity contribution in [3.8, 4) is 5.75 Å². The molecule has 0 atom stereocenters. The van der Waals surface area contributed by atoms with Crippen molar-refractivity contribution in [2.24, 2.45) is 0 Å². The van der Waals surface area contributed by atoms with Crippen LogP contribution in [0, 0.1) is 6.07 Å². The smallest absolute Gasteiger partial charge is 0.134 e. The van der Waals surface area contributed by atoms with Gasteiger partial charge in [-0.1, -0.05) is 30.3 Å². The highest BCUT2D eigenvalue weighted by Crippen LogP contribution is 2.32. The zero-order valence-electron chi connectivity index (χ0n) is 7.66. The normalized spacial score (nSPS) is 13.7. The van der Waals surface area contributed by atoms with Gasteiger partial charge in [-0.05, 0) is 23.6 Å². The van der Waals surface area contributed by atoms with Gasteiger partial charge in [-0.3, -0.25) is 0 Å². The Balaban J connectivity index is 2.41. The van der Waals surface area contributed by atoms with Crippen LogP contribution in [0.15, 0.2) is 36.4 Å². The molecular formula is C13H9O. The molecule has 67 valence electrons. The van der Waals surface area contributed by atoms with E-state index >= 15 is 0 Å². The summed E-state index contributed by atoms with van der Waals surface area (Å²) in [5.41, 5.74) is 1.12. The number of hydrogen-bond acceptors (Lipinski definition) is 1. The maximum atomic E-state index is 5.63. The van der Waals surface area contributed by atoms with E-state index < -0.39 is 0 Å². The summed E-state index contributed by atoms with van der Waals surface area (Å²) in [5.74, 6) is 0.988. The van der Waals surface area contributed by atoms with Crippen LogP contribution < -0.4 is 4.74 Å². The molecule has 1 heteroatoms. The maximum absolute atomic E-state index is 5.63. The van der Waals surface area contributed by atoms with Gasteiger partial charge >= 0.3 is 0 Å². The van der Waals surface area contributed by atoms with Gasteiger partial charge in [-0.2, -0.15) is 0 Å². The molecule has 0 unspecified atom stereocenters. The van der Waals surface area contributed by atoms with Gasteiger partial charge in [0.15, 0.2) is 0 Å². The van der Waals surface area contributed by atoms with Crippen LogP contribution in [0.5, 0.6) is 5.75 Å². The second-order valence-corrected chi connectivity index (χ2v) is 3.33. The minimum absolute atomic E-state index is 0.668. The zero-order chi connectivity index (χ0) is 9.38. The Morgan fingerprint density at radius 3 is 3.14 bits per heavy atom. The van der Waals surface area contributed by atoms with Gasteiger partial charge in [-0.25, -0.2) is 0 Å². The molecule has 0 saturated carbocycles. The van der Waals surface area contributed by atoms with Crippen molar-refractivity contribution < 1.29 is 4.74 Å². The molecule has 0 fully saturated rings. The van der Waals surface area contributed by atoms with Gasteiger partial charge in [0.1, 0.15) is 12.4 Å². The number of hydrogen-bond donors (Lipinski definition) is 0. The Labute approximate surface area is 82.6 Å². The van der Waals surface area contributed by atoms with Crippen LogP contribution in [-0.2, 0) is 0 Å². The fourth-order valence-corrected chi connectivity index (χ4v) is 1.77. The highest BCUT2D eigenvalue weighted by atomic mass is 16.5. The largest absolute Gasteiger partial charge is 0.488 e. The van der Waals surface area contributed by atoms with E-state index in [2.05, 4.69) is 24.3 Å². The lowest BCUT2D eigenvalue weighted by molar-refractivity contribution is 0.363. The molecule has 1 radical (unpaired) electrons. The molecule has 1 nitrogen and oxygen atoms in total. The van der Waals surface area contributed by atoms with Crippen molar-refractivity contribution in [3.05, 3.63) is 48.0 Å². The van der Waals surface area contributed by atoms with E-state index in [1.807, 2.05) is 24.3 Å². The third kappa shape index (κ3) is 1.02. The summed E-state index contributed by atoms with van der Waals surface area (Å²) >= 11 is 0. The topological polar surface area (TPSA) is 9.23 Å². The minimum atomic E-state index is 0.668. The lowest BCUT2D eigenvalue weighted by atomic mass is 10.0. The average Bonchev–Trinajstić information content (AvgIpc) is 2.29. The van der Waals surface area contributed by atoms with Crippen LogP contribution >= 0.6 is 0 Å².